The van der Waals surface area contributed by atoms with Crippen LogP contribution in [-0.4, -0.2) is 15.5 Å². The van der Waals surface area contributed by atoms with Crippen molar-refractivity contribution in [2.45, 2.75) is 30.2 Å². The van der Waals surface area contributed by atoms with Gasteiger partial charge in [0.15, 0.2) is 5.16 Å². The van der Waals surface area contributed by atoms with Crippen molar-refractivity contribution in [3.8, 4) is 0 Å². The molecule has 1 amide bonds. The Balaban J connectivity index is 1.58. The van der Waals surface area contributed by atoms with Gasteiger partial charge in [-0.1, -0.05) is 84.1 Å². The molecule has 0 aliphatic carbocycles. The summed E-state index contributed by atoms with van der Waals surface area (Å²) in [6.45, 7) is 2.06. The topological polar surface area (TPSA) is 64.0 Å². The van der Waals surface area contributed by atoms with Gasteiger partial charge >= 0.3 is 0 Å². The summed E-state index contributed by atoms with van der Waals surface area (Å²) in [5, 5.41) is 5.67. The Hall–Kier alpha value is -3.38. The molecule has 4 aromatic rings. The van der Waals surface area contributed by atoms with E-state index in [2.05, 4.69) is 35.4 Å². The Kier molecular flexibility index (Phi) is 5.31. The minimum Gasteiger partial charge on any atom is -0.312 e. The van der Waals surface area contributed by atoms with Crippen LogP contribution in [0.2, 0.25) is 0 Å². The molecule has 3 aromatic carbocycles. The average molecular weight is 442 g/mol. The molecule has 1 aliphatic rings. The van der Waals surface area contributed by atoms with Gasteiger partial charge in [0.05, 0.1) is 5.56 Å². The first kappa shape index (κ1) is 20.5. The van der Waals surface area contributed by atoms with Gasteiger partial charge in [-0.05, 0) is 28.8 Å². The molecule has 0 saturated heterocycles. The first-order chi connectivity index (χ1) is 15.5. The number of aryl methyl sites for hydroxylation is 1. The lowest BCUT2D eigenvalue weighted by Gasteiger charge is -2.28. The number of benzene rings is 3. The van der Waals surface area contributed by atoms with Crippen LogP contribution >= 0.6 is 11.8 Å². The van der Waals surface area contributed by atoms with Gasteiger partial charge in [0.25, 0.3) is 5.56 Å². The van der Waals surface area contributed by atoms with Crippen LogP contribution in [0.15, 0.2) is 76.7 Å². The van der Waals surface area contributed by atoms with Crippen LogP contribution in [-0.2, 0) is 17.6 Å². The highest BCUT2D eigenvalue weighted by molar-refractivity contribution is 7.98. The van der Waals surface area contributed by atoms with Crippen LogP contribution in [0.5, 0.6) is 0 Å². The molecule has 1 aromatic heterocycles. The van der Waals surface area contributed by atoms with Crippen molar-refractivity contribution in [3.05, 3.63) is 99.3 Å². The van der Waals surface area contributed by atoms with Gasteiger partial charge in [0.2, 0.25) is 5.91 Å². The summed E-state index contributed by atoms with van der Waals surface area (Å²) in [7, 11) is 1.86. The fraction of sp³-hybridized carbons (Fsp3) is 0.192. The number of thioether (sulfide) groups is 1. The lowest BCUT2D eigenvalue weighted by Crippen LogP contribution is -2.33. The maximum Gasteiger partial charge on any atom is 0.279 e. The number of nitrogens with zero attached hydrogens (tertiary/aromatic N) is 2. The van der Waals surface area contributed by atoms with Crippen molar-refractivity contribution in [2.24, 2.45) is 7.05 Å². The number of fused-ring (bicyclic) bond motifs is 2. The molecular formula is C26H23N3O2S. The molecule has 2 heterocycles. The second kappa shape index (κ2) is 8.28. The molecule has 5 rings (SSSR count). The average Bonchev–Trinajstić information content (AvgIpc) is 2.79. The van der Waals surface area contributed by atoms with Gasteiger partial charge in [-0.3, -0.25) is 9.59 Å². The van der Waals surface area contributed by atoms with Crippen molar-refractivity contribution in [3.63, 3.8) is 0 Å². The molecule has 6 heteroatoms. The van der Waals surface area contributed by atoms with E-state index >= 15 is 0 Å². The third-order valence-electron chi connectivity index (χ3n) is 5.95. The fourth-order valence-corrected chi connectivity index (χ4v) is 5.34. The molecule has 5 nitrogen and oxygen atoms in total. The normalized spacial score (nSPS) is 15.4. The number of amides is 1. The summed E-state index contributed by atoms with van der Waals surface area (Å²) >= 11 is 1.50. The van der Waals surface area contributed by atoms with Crippen molar-refractivity contribution in [1.29, 1.82) is 0 Å². The number of anilines is 1. The highest BCUT2D eigenvalue weighted by atomic mass is 32.2. The Morgan fingerprint density at radius 1 is 1.06 bits per heavy atom. The van der Waals surface area contributed by atoms with E-state index in [1.54, 1.807) is 0 Å². The van der Waals surface area contributed by atoms with E-state index in [-0.39, 0.29) is 23.8 Å². The molecule has 0 fully saturated rings. The van der Waals surface area contributed by atoms with E-state index in [0.29, 0.717) is 22.3 Å². The van der Waals surface area contributed by atoms with Crippen LogP contribution in [0.25, 0.3) is 10.8 Å². The molecule has 160 valence electrons. The molecular weight excluding hydrogens is 418 g/mol. The van der Waals surface area contributed by atoms with Gasteiger partial charge in [-0.25, -0.2) is 0 Å². The first-order valence-electron chi connectivity index (χ1n) is 10.6. The van der Waals surface area contributed by atoms with Gasteiger partial charge in [0, 0.05) is 25.1 Å². The number of carbonyl (C=O) groups excluding carboxylic acids is 1. The SMILES string of the molecule is Cc1cccc(CSc2nc(=O)c3c(n2C)NC(=O)CC3c2cccc3ccccc23)c1. The molecule has 1 atom stereocenters. The van der Waals surface area contributed by atoms with Crippen molar-refractivity contribution in [2.75, 3.05) is 5.32 Å². The molecule has 0 saturated carbocycles. The molecule has 1 aliphatic heterocycles. The summed E-state index contributed by atoms with van der Waals surface area (Å²) in [6, 6.07) is 22.4. The Morgan fingerprint density at radius 3 is 2.69 bits per heavy atom. The maximum absolute atomic E-state index is 13.2. The fourth-order valence-electron chi connectivity index (χ4n) is 4.43. The predicted octanol–water partition coefficient (Wildman–Crippen LogP) is 5.01. The van der Waals surface area contributed by atoms with E-state index in [4.69, 9.17) is 0 Å². The predicted molar refractivity (Wildman–Crippen MR) is 129 cm³/mol. The van der Waals surface area contributed by atoms with Crippen molar-refractivity contribution in [1.82, 2.24) is 9.55 Å². The summed E-state index contributed by atoms with van der Waals surface area (Å²) in [5.41, 5.74) is 3.63. The maximum atomic E-state index is 13.2. The van der Waals surface area contributed by atoms with Crippen LogP contribution in [0, 0.1) is 6.92 Å². The van der Waals surface area contributed by atoms with Crippen LogP contribution in [0.3, 0.4) is 0 Å². The van der Waals surface area contributed by atoms with Crippen molar-refractivity contribution < 1.29 is 4.79 Å². The zero-order chi connectivity index (χ0) is 22.2. The van der Waals surface area contributed by atoms with Gasteiger partial charge in [-0.15, -0.1) is 0 Å². The second-order valence-electron chi connectivity index (χ2n) is 8.17. The summed E-state index contributed by atoms with van der Waals surface area (Å²) < 4.78 is 1.84. The number of nitrogens with one attached hydrogen (secondary N) is 1. The number of carbonyl (C=O) groups is 1. The Labute approximate surface area is 190 Å². The standard InChI is InChI=1S/C26H23N3O2S/c1-16-7-5-8-17(13-16)15-32-26-28-25(31)23-21(14-22(30)27-24(23)29(26)2)20-12-6-10-18-9-3-4-11-19(18)20/h3-13,21H,14-15H2,1-2H3,(H,27,30). The summed E-state index contributed by atoms with van der Waals surface area (Å²) in [5.74, 6) is 0.825. The number of hydrogen-bond acceptors (Lipinski definition) is 4. The Morgan fingerprint density at radius 2 is 1.84 bits per heavy atom. The summed E-state index contributed by atoms with van der Waals surface area (Å²) in [6.07, 6.45) is 0.230. The zero-order valence-corrected chi connectivity index (χ0v) is 18.8. The van der Waals surface area contributed by atoms with E-state index in [0.717, 1.165) is 16.3 Å². The Bertz CT molecular complexity index is 1400. The minimum absolute atomic E-state index is 0.0914. The number of aromatic nitrogens is 2. The molecule has 0 bridgehead atoms. The molecule has 0 spiro atoms. The van der Waals surface area contributed by atoms with Gasteiger partial charge in [0.1, 0.15) is 5.82 Å². The monoisotopic (exact) mass is 441 g/mol. The van der Waals surface area contributed by atoms with E-state index in [9.17, 15) is 9.59 Å². The van der Waals surface area contributed by atoms with E-state index in [1.807, 2.05) is 60.1 Å². The zero-order valence-electron chi connectivity index (χ0n) is 18.0. The lowest BCUT2D eigenvalue weighted by molar-refractivity contribution is -0.116. The highest BCUT2D eigenvalue weighted by Crippen LogP contribution is 2.38. The van der Waals surface area contributed by atoms with E-state index < -0.39 is 0 Å². The van der Waals surface area contributed by atoms with Gasteiger partial charge in [-0.2, -0.15) is 4.98 Å². The summed E-state index contributed by atoms with van der Waals surface area (Å²) in [4.78, 5) is 30.3. The third-order valence-corrected chi connectivity index (χ3v) is 7.05. The number of hydrogen-bond donors (Lipinski definition) is 1. The molecule has 1 unspecified atom stereocenters. The second-order valence-corrected chi connectivity index (χ2v) is 9.11. The largest absolute Gasteiger partial charge is 0.312 e. The number of rotatable bonds is 4. The van der Waals surface area contributed by atoms with E-state index in [1.165, 1.54) is 22.9 Å². The van der Waals surface area contributed by atoms with Gasteiger partial charge < -0.3 is 9.88 Å². The smallest absolute Gasteiger partial charge is 0.279 e. The van der Waals surface area contributed by atoms with Crippen molar-refractivity contribution >= 4 is 34.3 Å². The van der Waals surface area contributed by atoms with Crippen LogP contribution in [0.1, 0.15) is 34.6 Å². The minimum atomic E-state index is -0.327. The molecule has 32 heavy (non-hydrogen) atoms. The van der Waals surface area contributed by atoms with Crippen LogP contribution < -0.4 is 10.9 Å². The first-order valence-corrected chi connectivity index (χ1v) is 11.6. The third kappa shape index (κ3) is 3.71. The van der Waals surface area contributed by atoms with Crippen LogP contribution in [0.4, 0.5) is 5.82 Å². The molecule has 0 radical (unpaired) electrons. The quantitative estimate of drug-likeness (QED) is 0.357. The molecule has 1 N–H and O–H groups in total. The lowest BCUT2D eigenvalue weighted by atomic mass is 9.84. The highest BCUT2D eigenvalue weighted by Gasteiger charge is 2.32.